The van der Waals surface area contributed by atoms with Crippen molar-refractivity contribution in [3.05, 3.63) is 75.3 Å². The minimum absolute atomic E-state index is 0.143. The van der Waals surface area contributed by atoms with Gasteiger partial charge in [-0.1, -0.05) is 48.9 Å². The zero-order valence-corrected chi connectivity index (χ0v) is 19.3. The summed E-state index contributed by atoms with van der Waals surface area (Å²) in [7, 11) is 0. The highest BCUT2D eigenvalue weighted by Gasteiger charge is 2.22. The van der Waals surface area contributed by atoms with Crippen LogP contribution in [0.5, 0.6) is 0 Å². The highest BCUT2D eigenvalue weighted by molar-refractivity contribution is 6.31. The van der Waals surface area contributed by atoms with Crippen LogP contribution in [0.1, 0.15) is 37.6 Å². The fraction of sp³-hybridized carbons (Fsp3) is 0.360. The fourth-order valence-corrected chi connectivity index (χ4v) is 4.75. The van der Waals surface area contributed by atoms with Crippen molar-refractivity contribution in [2.75, 3.05) is 13.1 Å². The molecule has 1 fully saturated rings. The third kappa shape index (κ3) is 4.13. The molecule has 1 amide bonds. The maximum atomic E-state index is 13.3. The average Bonchev–Trinajstić information content (AvgIpc) is 3.26. The van der Waals surface area contributed by atoms with Crippen LogP contribution in [0.2, 0.25) is 5.02 Å². The molecule has 8 heteroatoms. The Morgan fingerprint density at radius 1 is 1.06 bits per heavy atom. The molecule has 170 valence electrons. The molecule has 2 aromatic heterocycles. The van der Waals surface area contributed by atoms with E-state index in [2.05, 4.69) is 17.1 Å². The molecule has 0 aliphatic carbocycles. The molecule has 0 N–H and O–H groups in total. The van der Waals surface area contributed by atoms with Crippen molar-refractivity contribution in [3.8, 4) is 0 Å². The molecule has 3 heterocycles. The molecule has 0 atom stereocenters. The number of fused-ring (bicyclic) bond motifs is 3. The van der Waals surface area contributed by atoms with Crippen LogP contribution in [0.15, 0.2) is 53.3 Å². The molecule has 1 aliphatic heterocycles. The van der Waals surface area contributed by atoms with Gasteiger partial charge in [0.05, 0.1) is 17.4 Å². The third-order valence-corrected chi connectivity index (χ3v) is 6.93. The molecule has 0 radical (unpaired) electrons. The van der Waals surface area contributed by atoms with Crippen molar-refractivity contribution in [1.29, 1.82) is 0 Å². The lowest BCUT2D eigenvalue weighted by atomic mass is 9.99. The predicted molar refractivity (Wildman–Crippen MR) is 129 cm³/mol. The van der Waals surface area contributed by atoms with Gasteiger partial charge in [0, 0.05) is 31.0 Å². The molecule has 0 unspecified atom stereocenters. The van der Waals surface area contributed by atoms with Crippen molar-refractivity contribution < 1.29 is 4.79 Å². The quantitative estimate of drug-likeness (QED) is 0.449. The van der Waals surface area contributed by atoms with Gasteiger partial charge in [0.1, 0.15) is 5.82 Å². The minimum atomic E-state index is -0.143. The molecule has 4 aromatic rings. The van der Waals surface area contributed by atoms with E-state index in [4.69, 9.17) is 11.6 Å². The van der Waals surface area contributed by atoms with Crippen LogP contribution in [-0.2, 0) is 17.8 Å². The highest BCUT2D eigenvalue weighted by Crippen LogP contribution is 2.21. The second-order valence-electron chi connectivity index (χ2n) is 8.81. The topological polar surface area (TPSA) is 72.5 Å². The Morgan fingerprint density at radius 2 is 1.79 bits per heavy atom. The van der Waals surface area contributed by atoms with Crippen LogP contribution in [0.3, 0.4) is 0 Å². The first kappa shape index (κ1) is 21.6. The van der Waals surface area contributed by atoms with Crippen molar-refractivity contribution in [2.24, 2.45) is 5.92 Å². The Hall–Kier alpha value is -3.19. The van der Waals surface area contributed by atoms with Crippen LogP contribution >= 0.6 is 11.6 Å². The number of amides is 1. The van der Waals surface area contributed by atoms with E-state index in [0.29, 0.717) is 40.8 Å². The lowest BCUT2D eigenvalue weighted by Gasteiger charge is -2.30. The lowest BCUT2D eigenvalue weighted by Crippen LogP contribution is -2.38. The summed E-state index contributed by atoms with van der Waals surface area (Å²) in [5, 5.41) is 9.93. The number of carbonyl (C=O) groups is 1. The summed E-state index contributed by atoms with van der Waals surface area (Å²) >= 11 is 6.37. The number of hydrogen-bond acceptors (Lipinski definition) is 4. The normalized spacial score (nSPS) is 14.9. The molecule has 0 bridgehead atoms. The number of para-hydroxylation sites is 1. The number of nitrogens with zero attached hydrogens (tertiary/aromatic N) is 5. The maximum absolute atomic E-state index is 13.3. The smallest absolute Gasteiger partial charge is 0.263 e. The van der Waals surface area contributed by atoms with Crippen molar-refractivity contribution >= 4 is 34.2 Å². The van der Waals surface area contributed by atoms with Crippen LogP contribution in [-0.4, -0.2) is 43.1 Å². The summed E-state index contributed by atoms with van der Waals surface area (Å²) in [5.74, 6) is 1.95. The number of hydrogen-bond donors (Lipinski definition) is 0. The monoisotopic (exact) mass is 463 g/mol. The number of benzene rings is 2. The first-order valence-corrected chi connectivity index (χ1v) is 11.8. The maximum Gasteiger partial charge on any atom is 0.263 e. The van der Waals surface area contributed by atoms with Crippen molar-refractivity contribution in [1.82, 2.24) is 24.1 Å². The Morgan fingerprint density at radius 3 is 2.58 bits per heavy atom. The molecule has 1 aliphatic rings. The molecule has 0 spiro atoms. The van der Waals surface area contributed by atoms with E-state index >= 15 is 0 Å². The number of aromatic nitrogens is 4. The van der Waals surface area contributed by atoms with Gasteiger partial charge in [-0.2, -0.15) is 0 Å². The summed E-state index contributed by atoms with van der Waals surface area (Å²) < 4.78 is 3.51. The van der Waals surface area contributed by atoms with Gasteiger partial charge in [-0.25, -0.2) is 0 Å². The van der Waals surface area contributed by atoms with Gasteiger partial charge in [0.25, 0.3) is 5.56 Å². The number of piperidine rings is 1. The molecule has 2 aromatic carbocycles. The third-order valence-electron chi connectivity index (χ3n) is 6.56. The molecule has 5 rings (SSSR count). The average molecular weight is 464 g/mol. The van der Waals surface area contributed by atoms with Gasteiger partial charge in [0.15, 0.2) is 0 Å². The SMILES string of the molecule is CC1CCN(C(=O)CCc2nnc3n(Cc4ccccc4Cl)c(=O)c4ccccc4n23)CC1. The zero-order valence-electron chi connectivity index (χ0n) is 18.6. The van der Waals surface area contributed by atoms with E-state index in [1.54, 1.807) is 4.57 Å². The van der Waals surface area contributed by atoms with E-state index in [1.807, 2.05) is 57.8 Å². The minimum Gasteiger partial charge on any atom is -0.343 e. The van der Waals surface area contributed by atoms with Gasteiger partial charge in [-0.15, -0.1) is 10.2 Å². The number of aryl methyl sites for hydroxylation is 1. The van der Waals surface area contributed by atoms with Crippen molar-refractivity contribution in [3.63, 3.8) is 0 Å². The summed E-state index contributed by atoms with van der Waals surface area (Å²) in [4.78, 5) is 28.1. The lowest BCUT2D eigenvalue weighted by molar-refractivity contribution is -0.132. The number of likely N-dealkylation sites (tertiary alicyclic amines) is 1. The van der Waals surface area contributed by atoms with Crippen LogP contribution < -0.4 is 5.56 Å². The van der Waals surface area contributed by atoms with E-state index in [9.17, 15) is 9.59 Å². The highest BCUT2D eigenvalue weighted by atomic mass is 35.5. The van der Waals surface area contributed by atoms with Crippen LogP contribution in [0.4, 0.5) is 0 Å². The molecule has 1 saturated heterocycles. The summed E-state index contributed by atoms with van der Waals surface area (Å²) in [6.45, 7) is 4.16. The Labute approximate surface area is 196 Å². The van der Waals surface area contributed by atoms with Gasteiger partial charge in [0.2, 0.25) is 11.7 Å². The van der Waals surface area contributed by atoms with E-state index in [-0.39, 0.29) is 18.0 Å². The van der Waals surface area contributed by atoms with Gasteiger partial charge < -0.3 is 4.90 Å². The second-order valence-corrected chi connectivity index (χ2v) is 9.22. The Balaban J connectivity index is 1.52. The first-order valence-electron chi connectivity index (χ1n) is 11.4. The first-order chi connectivity index (χ1) is 16.0. The molecule has 33 heavy (non-hydrogen) atoms. The van der Waals surface area contributed by atoms with Crippen LogP contribution in [0, 0.1) is 5.92 Å². The summed E-state index contributed by atoms with van der Waals surface area (Å²) in [5.41, 5.74) is 1.43. The molecule has 7 nitrogen and oxygen atoms in total. The zero-order chi connectivity index (χ0) is 22.9. The molecular formula is C25H26ClN5O2. The van der Waals surface area contributed by atoms with Gasteiger partial charge in [-0.3, -0.25) is 18.6 Å². The molecular weight excluding hydrogens is 438 g/mol. The van der Waals surface area contributed by atoms with Gasteiger partial charge in [-0.05, 0) is 42.5 Å². The standard InChI is InChI=1S/C25H26ClN5O2/c1-17-12-14-29(15-13-17)23(32)11-10-22-27-28-25-30(16-18-6-2-4-8-20(18)26)24(33)19-7-3-5-9-21(19)31(22)25/h2-9,17H,10-16H2,1H3. The Kier molecular flexibility index (Phi) is 5.89. The number of rotatable bonds is 5. The Bertz CT molecular complexity index is 1380. The predicted octanol–water partition coefficient (Wildman–Crippen LogP) is 3.94. The van der Waals surface area contributed by atoms with Crippen LogP contribution in [0.25, 0.3) is 16.7 Å². The van der Waals surface area contributed by atoms with E-state index in [0.717, 1.165) is 37.0 Å². The van der Waals surface area contributed by atoms with Crippen molar-refractivity contribution in [2.45, 2.75) is 39.2 Å². The van der Waals surface area contributed by atoms with Gasteiger partial charge >= 0.3 is 0 Å². The molecule has 0 saturated carbocycles. The van der Waals surface area contributed by atoms with E-state index in [1.165, 1.54) is 0 Å². The summed E-state index contributed by atoms with van der Waals surface area (Å²) in [6, 6.07) is 14.9. The summed E-state index contributed by atoms with van der Waals surface area (Å²) in [6.07, 6.45) is 2.94. The number of halogens is 1. The fourth-order valence-electron chi connectivity index (χ4n) is 4.55. The number of carbonyl (C=O) groups excluding carboxylic acids is 1. The largest absolute Gasteiger partial charge is 0.343 e. The van der Waals surface area contributed by atoms with E-state index < -0.39 is 0 Å². The second kappa shape index (κ2) is 8.98.